The lowest BCUT2D eigenvalue weighted by Crippen LogP contribution is -2.11. The Balaban J connectivity index is 2.16. The van der Waals surface area contributed by atoms with E-state index in [9.17, 15) is 9.59 Å². The summed E-state index contributed by atoms with van der Waals surface area (Å²) in [5.41, 5.74) is 1.70. The summed E-state index contributed by atoms with van der Waals surface area (Å²) in [5.74, 6) is 0.833. The van der Waals surface area contributed by atoms with Crippen LogP contribution in [-0.2, 0) is 4.79 Å². The molecule has 0 aromatic heterocycles. The van der Waals surface area contributed by atoms with Gasteiger partial charge in [-0.3, -0.25) is 9.59 Å². The molecule has 2 aromatic rings. The maximum atomic E-state index is 12.1. The highest BCUT2D eigenvalue weighted by Gasteiger charge is 2.08. The first-order valence-electron chi connectivity index (χ1n) is 7.36. The van der Waals surface area contributed by atoms with Crippen LogP contribution in [0.1, 0.15) is 22.8 Å². The third-order valence-corrected chi connectivity index (χ3v) is 3.42. The molecule has 5 heteroatoms. The van der Waals surface area contributed by atoms with Gasteiger partial charge in [-0.1, -0.05) is 12.1 Å². The molecule has 0 radical (unpaired) electrons. The molecule has 2 rings (SSSR count). The predicted molar refractivity (Wildman–Crippen MR) is 93.7 cm³/mol. The molecule has 0 spiro atoms. The topological polar surface area (TPSA) is 64.6 Å². The molecule has 0 aliphatic rings. The quantitative estimate of drug-likeness (QED) is 0.651. The second kappa shape index (κ2) is 7.97. The zero-order valence-electron chi connectivity index (χ0n) is 13.8. The van der Waals surface area contributed by atoms with Gasteiger partial charge in [0.1, 0.15) is 11.5 Å². The number of ketones is 1. The highest BCUT2D eigenvalue weighted by Crippen LogP contribution is 2.25. The first-order chi connectivity index (χ1) is 11.5. The number of nitrogens with one attached hydrogen (secondary N) is 1. The van der Waals surface area contributed by atoms with E-state index in [0.717, 1.165) is 5.56 Å². The van der Waals surface area contributed by atoms with Crippen molar-refractivity contribution in [3.05, 3.63) is 59.7 Å². The number of carbonyl (C=O) groups excluding carboxylic acids is 2. The van der Waals surface area contributed by atoms with Gasteiger partial charge in [-0.15, -0.1) is 0 Å². The molecule has 0 heterocycles. The lowest BCUT2D eigenvalue weighted by molar-refractivity contribution is -0.111. The van der Waals surface area contributed by atoms with Gasteiger partial charge in [-0.2, -0.15) is 0 Å². The zero-order valence-corrected chi connectivity index (χ0v) is 13.8. The number of para-hydroxylation sites is 1. The van der Waals surface area contributed by atoms with Crippen molar-refractivity contribution < 1.29 is 19.1 Å². The molecule has 0 aliphatic carbocycles. The lowest BCUT2D eigenvalue weighted by atomic mass is 10.1. The largest absolute Gasteiger partial charge is 0.497 e. The molecular weight excluding hydrogens is 306 g/mol. The number of ether oxygens (including phenoxy) is 2. The van der Waals surface area contributed by atoms with Crippen molar-refractivity contribution in [2.24, 2.45) is 0 Å². The number of benzene rings is 2. The summed E-state index contributed by atoms with van der Waals surface area (Å²) in [6, 6.07) is 12.2. The molecule has 2 aromatic carbocycles. The van der Waals surface area contributed by atoms with Crippen LogP contribution >= 0.6 is 0 Å². The van der Waals surface area contributed by atoms with Crippen molar-refractivity contribution in [3.8, 4) is 11.5 Å². The van der Waals surface area contributed by atoms with Gasteiger partial charge in [0.05, 0.1) is 19.9 Å². The Hall–Kier alpha value is -3.08. The Morgan fingerprint density at radius 1 is 1.04 bits per heavy atom. The van der Waals surface area contributed by atoms with Crippen LogP contribution in [0.25, 0.3) is 6.08 Å². The SMILES string of the molecule is COc1ccc(/C=C/C(=O)Nc2ccccc2C(C)=O)c(OC)c1. The van der Waals surface area contributed by atoms with Crippen LogP contribution in [0.5, 0.6) is 11.5 Å². The van der Waals surface area contributed by atoms with Gasteiger partial charge in [0.25, 0.3) is 0 Å². The molecule has 0 unspecified atom stereocenters. The maximum absolute atomic E-state index is 12.1. The van der Waals surface area contributed by atoms with Crippen molar-refractivity contribution in [2.45, 2.75) is 6.92 Å². The molecule has 0 atom stereocenters. The summed E-state index contributed by atoms with van der Waals surface area (Å²) in [7, 11) is 3.12. The zero-order chi connectivity index (χ0) is 17.5. The van der Waals surface area contributed by atoms with Crippen LogP contribution < -0.4 is 14.8 Å². The number of methoxy groups -OCH3 is 2. The van der Waals surface area contributed by atoms with E-state index >= 15 is 0 Å². The third-order valence-electron chi connectivity index (χ3n) is 3.42. The van der Waals surface area contributed by atoms with Crippen molar-refractivity contribution in [2.75, 3.05) is 19.5 Å². The Morgan fingerprint density at radius 2 is 1.79 bits per heavy atom. The first kappa shape index (κ1) is 17.3. The number of anilines is 1. The predicted octanol–water partition coefficient (Wildman–Crippen LogP) is 3.56. The Labute approximate surface area is 140 Å². The van der Waals surface area contributed by atoms with Crippen molar-refractivity contribution in [3.63, 3.8) is 0 Å². The van der Waals surface area contributed by atoms with E-state index in [1.54, 1.807) is 62.8 Å². The minimum Gasteiger partial charge on any atom is -0.497 e. The molecule has 0 saturated carbocycles. The Bertz CT molecular complexity index is 781. The second-order valence-electron chi connectivity index (χ2n) is 5.03. The molecule has 0 bridgehead atoms. The van der Waals surface area contributed by atoms with Crippen LogP contribution in [-0.4, -0.2) is 25.9 Å². The number of amides is 1. The van der Waals surface area contributed by atoms with Crippen molar-refractivity contribution >= 4 is 23.5 Å². The van der Waals surface area contributed by atoms with Gasteiger partial charge in [-0.25, -0.2) is 0 Å². The summed E-state index contributed by atoms with van der Waals surface area (Å²) >= 11 is 0. The molecule has 1 amide bonds. The van der Waals surface area contributed by atoms with E-state index in [-0.39, 0.29) is 11.7 Å². The summed E-state index contributed by atoms with van der Waals surface area (Å²) in [6.45, 7) is 1.46. The van der Waals surface area contributed by atoms with Gasteiger partial charge in [-0.05, 0) is 37.3 Å². The summed E-state index contributed by atoms with van der Waals surface area (Å²) in [5, 5.41) is 2.71. The van der Waals surface area contributed by atoms with Crippen LogP contribution in [0.2, 0.25) is 0 Å². The second-order valence-corrected chi connectivity index (χ2v) is 5.03. The average Bonchev–Trinajstić information content (AvgIpc) is 2.60. The third kappa shape index (κ3) is 4.23. The fourth-order valence-corrected chi connectivity index (χ4v) is 2.20. The van der Waals surface area contributed by atoms with E-state index < -0.39 is 0 Å². The van der Waals surface area contributed by atoms with Gasteiger partial charge in [0, 0.05) is 23.3 Å². The fraction of sp³-hybridized carbons (Fsp3) is 0.158. The molecule has 0 aliphatic heterocycles. The molecule has 5 nitrogen and oxygen atoms in total. The number of rotatable bonds is 6. The van der Waals surface area contributed by atoms with Crippen molar-refractivity contribution in [1.29, 1.82) is 0 Å². The number of hydrogen-bond acceptors (Lipinski definition) is 4. The first-order valence-corrected chi connectivity index (χ1v) is 7.36. The van der Waals surface area contributed by atoms with E-state index in [1.807, 2.05) is 0 Å². The van der Waals surface area contributed by atoms with Gasteiger partial charge >= 0.3 is 0 Å². The van der Waals surface area contributed by atoms with E-state index in [2.05, 4.69) is 5.32 Å². The highest BCUT2D eigenvalue weighted by molar-refractivity contribution is 6.07. The monoisotopic (exact) mass is 325 g/mol. The highest BCUT2D eigenvalue weighted by atomic mass is 16.5. The minimum atomic E-state index is -0.332. The summed E-state index contributed by atoms with van der Waals surface area (Å²) in [6.07, 6.45) is 3.03. The van der Waals surface area contributed by atoms with E-state index in [0.29, 0.717) is 22.7 Å². The summed E-state index contributed by atoms with van der Waals surface area (Å²) < 4.78 is 10.4. The van der Waals surface area contributed by atoms with Crippen LogP contribution in [0, 0.1) is 0 Å². The van der Waals surface area contributed by atoms with Crippen LogP contribution in [0.3, 0.4) is 0 Å². The van der Waals surface area contributed by atoms with Crippen LogP contribution in [0.15, 0.2) is 48.5 Å². The Kier molecular flexibility index (Phi) is 5.73. The standard InChI is InChI=1S/C19H19NO4/c1-13(21)16-6-4-5-7-17(16)20-19(22)11-9-14-8-10-15(23-2)12-18(14)24-3/h4-12H,1-3H3,(H,20,22)/b11-9+. The molecular formula is C19H19NO4. The van der Waals surface area contributed by atoms with E-state index in [1.165, 1.54) is 13.0 Å². The summed E-state index contributed by atoms with van der Waals surface area (Å²) in [4.78, 5) is 23.7. The molecule has 0 saturated heterocycles. The maximum Gasteiger partial charge on any atom is 0.248 e. The fourth-order valence-electron chi connectivity index (χ4n) is 2.20. The molecule has 24 heavy (non-hydrogen) atoms. The minimum absolute atomic E-state index is 0.105. The number of hydrogen-bond donors (Lipinski definition) is 1. The number of Topliss-reactive ketones (excluding diaryl/α,β-unsaturated/α-hetero) is 1. The van der Waals surface area contributed by atoms with Crippen molar-refractivity contribution in [1.82, 2.24) is 0 Å². The number of carbonyl (C=O) groups is 2. The smallest absolute Gasteiger partial charge is 0.248 e. The van der Waals surface area contributed by atoms with Gasteiger partial charge in [0.15, 0.2) is 5.78 Å². The van der Waals surface area contributed by atoms with Crippen LogP contribution in [0.4, 0.5) is 5.69 Å². The normalized spacial score (nSPS) is 10.5. The van der Waals surface area contributed by atoms with E-state index in [4.69, 9.17) is 9.47 Å². The Morgan fingerprint density at radius 3 is 2.46 bits per heavy atom. The van der Waals surface area contributed by atoms with Gasteiger partial charge in [0.2, 0.25) is 5.91 Å². The average molecular weight is 325 g/mol. The molecule has 0 fully saturated rings. The molecule has 124 valence electrons. The molecule has 1 N–H and O–H groups in total. The lowest BCUT2D eigenvalue weighted by Gasteiger charge is -2.08. The van der Waals surface area contributed by atoms with Gasteiger partial charge < -0.3 is 14.8 Å².